The second kappa shape index (κ2) is 7.37. The lowest BCUT2D eigenvalue weighted by atomic mass is 9.90. The summed E-state index contributed by atoms with van der Waals surface area (Å²) in [5.41, 5.74) is 9.42. The summed E-state index contributed by atoms with van der Waals surface area (Å²) in [7, 11) is 0. The van der Waals surface area contributed by atoms with Crippen LogP contribution in [0.4, 0.5) is 5.69 Å². The molecular weight excluding hydrogens is 336 g/mol. The smallest absolute Gasteiger partial charge is 0.252 e. The Morgan fingerprint density at radius 2 is 2.12 bits per heavy atom. The fourth-order valence-electron chi connectivity index (χ4n) is 2.95. The van der Waals surface area contributed by atoms with E-state index in [0.717, 1.165) is 24.8 Å². The van der Waals surface area contributed by atoms with E-state index in [1.54, 1.807) is 6.07 Å². The molecule has 1 aliphatic carbocycles. The Hall–Kier alpha value is -2.84. The van der Waals surface area contributed by atoms with E-state index in [4.69, 9.17) is 22.6 Å². The molecule has 6 heteroatoms. The Balaban J connectivity index is 1.72. The van der Waals surface area contributed by atoms with Gasteiger partial charge in [0.05, 0.1) is 22.9 Å². The summed E-state index contributed by atoms with van der Waals surface area (Å²) in [5, 5.41) is 12.5. The third-order valence-corrected chi connectivity index (χ3v) is 4.50. The second-order valence-electron chi connectivity index (χ2n) is 5.95. The fourth-order valence-corrected chi connectivity index (χ4v) is 3.11. The number of hydrogen-bond acceptors (Lipinski definition) is 4. The van der Waals surface area contributed by atoms with Gasteiger partial charge in [0.2, 0.25) is 0 Å². The number of hydrogen-bond donors (Lipinski definition) is 2. The first-order valence-electron chi connectivity index (χ1n) is 7.98. The molecule has 0 fully saturated rings. The number of rotatable bonds is 4. The van der Waals surface area contributed by atoms with Crippen LogP contribution in [0.3, 0.4) is 0 Å². The molecule has 1 amide bonds. The quantitative estimate of drug-likeness (QED) is 0.819. The lowest BCUT2D eigenvalue weighted by molar-refractivity contribution is 0.100. The van der Waals surface area contributed by atoms with E-state index in [1.165, 1.54) is 11.8 Å². The maximum Gasteiger partial charge on any atom is 0.252 e. The molecule has 1 heterocycles. The molecule has 0 saturated heterocycles. The van der Waals surface area contributed by atoms with Crippen molar-refractivity contribution in [3.8, 4) is 6.07 Å². The van der Waals surface area contributed by atoms with Gasteiger partial charge in [0.25, 0.3) is 5.91 Å². The summed E-state index contributed by atoms with van der Waals surface area (Å²) >= 11 is 5.93. The van der Waals surface area contributed by atoms with Gasteiger partial charge < -0.3 is 11.1 Å². The summed E-state index contributed by atoms with van der Waals surface area (Å²) in [5.74, 6) is -0.531. The van der Waals surface area contributed by atoms with Crippen LogP contribution >= 0.6 is 11.6 Å². The minimum Gasteiger partial charge on any atom is -0.381 e. The molecule has 2 aromatic rings. The number of benzene rings is 1. The molecule has 1 unspecified atom stereocenters. The van der Waals surface area contributed by atoms with Crippen molar-refractivity contribution in [3.05, 3.63) is 64.4 Å². The van der Waals surface area contributed by atoms with Crippen molar-refractivity contribution in [2.75, 3.05) is 5.32 Å². The van der Waals surface area contributed by atoms with Gasteiger partial charge in [-0.2, -0.15) is 5.26 Å². The Bertz CT molecular complexity index is 868. The number of carbonyl (C=O) groups excluding carboxylic acids is 1. The highest BCUT2D eigenvalue weighted by Gasteiger charge is 2.18. The van der Waals surface area contributed by atoms with Crippen LogP contribution in [0.25, 0.3) is 5.57 Å². The second-order valence-corrected chi connectivity index (χ2v) is 6.34. The Labute approximate surface area is 151 Å². The maximum atomic E-state index is 11.5. The van der Waals surface area contributed by atoms with E-state index in [-0.39, 0.29) is 6.04 Å². The number of pyridine rings is 1. The number of halogens is 1. The van der Waals surface area contributed by atoms with Crippen molar-refractivity contribution < 1.29 is 4.79 Å². The lowest BCUT2D eigenvalue weighted by Crippen LogP contribution is -2.24. The Kier molecular flexibility index (Phi) is 5.01. The minimum atomic E-state index is -0.531. The molecule has 25 heavy (non-hydrogen) atoms. The van der Waals surface area contributed by atoms with Crippen LogP contribution in [0, 0.1) is 11.3 Å². The lowest BCUT2D eigenvalue weighted by Gasteiger charge is -2.25. The highest BCUT2D eigenvalue weighted by molar-refractivity contribution is 6.29. The average molecular weight is 353 g/mol. The number of nitrogens with one attached hydrogen (secondary N) is 1. The van der Waals surface area contributed by atoms with Crippen molar-refractivity contribution in [1.29, 1.82) is 5.26 Å². The first kappa shape index (κ1) is 17.0. The van der Waals surface area contributed by atoms with Crippen molar-refractivity contribution in [2.24, 2.45) is 5.73 Å². The number of carbonyl (C=O) groups is 1. The van der Waals surface area contributed by atoms with E-state index in [2.05, 4.69) is 22.4 Å². The zero-order chi connectivity index (χ0) is 17.8. The van der Waals surface area contributed by atoms with Crippen LogP contribution in [0.2, 0.25) is 5.15 Å². The van der Waals surface area contributed by atoms with Crippen LogP contribution < -0.4 is 11.1 Å². The van der Waals surface area contributed by atoms with Crippen molar-refractivity contribution in [2.45, 2.75) is 25.3 Å². The van der Waals surface area contributed by atoms with Crippen LogP contribution in [0.1, 0.15) is 40.7 Å². The van der Waals surface area contributed by atoms with E-state index in [9.17, 15) is 4.79 Å². The molecule has 1 atom stereocenters. The number of aromatic nitrogens is 1. The number of allylic oxidation sites excluding steroid dienone is 1. The summed E-state index contributed by atoms with van der Waals surface area (Å²) in [6.07, 6.45) is 6.24. The standard InChI is InChI=1S/C19H17ClN4O/c20-18-9-17(16(11-23-18)19(22)25)24-15-7-5-14(6-8-15)13-3-1-12(10-21)2-4-13/h1-5,9,11,15H,6-8H2,(H2,22,25)(H,23,24). The largest absolute Gasteiger partial charge is 0.381 e. The molecule has 3 N–H and O–H groups in total. The van der Waals surface area contributed by atoms with Crippen molar-refractivity contribution in [3.63, 3.8) is 0 Å². The minimum absolute atomic E-state index is 0.193. The first-order chi connectivity index (χ1) is 12.1. The predicted molar refractivity (Wildman–Crippen MR) is 98.2 cm³/mol. The van der Waals surface area contributed by atoms with Gasteiger partial charge in [0.15, 0.2) is 0 Å². The van der Waals surface area contributed by atoms with Crippen LogP contribution in [0.15, 0.2) is 42.6 Å². The highest BCUT2D eigenvalue weighted by Crippen LogP contribution is 2.29. The van der Waals surface area contributed by atoms with Crippen molar-refractivity contribution in [1.82, 2.24) is 4.98 Å². The van der Waals surface area contributed by atoms with Gasteiger partial charge in [-0.1, -0.05) is 29.8 Å². The molecule has 1 aromatic carbocycles. The van der Waals surface area contributed by atoms with Crippen molar-refractivity contribution >= 4 is 28.8 Å². The summed E-state index contributed by atoms with van der Waals surface area (Å²) < 4.78 is 0. The zero-order valence-corrected chi connectivity index (χ0v) is 14.3. The van der Waals surface area contributed by atoms with Crippen LogP contribution in [-0.4, -0.2) is 16.9 Å². The first-order valence-corrected chi connectivity index (χ1v) is 8.36. The third kappa shape index (κ3) is 3.98. The van der Waals surface area contributed by atoms with Gasteiger partial charge in [-0.15, -0.1) is 0 Å². The number of nitrogens with two attached hydrogens (primary N) is 1. The SMILES string of the molecule is N#Cc1ccc(C2=CCC(Nc3cc(Cl)ncc3C(N)=O)CC2)cc1. The molecule has 1 aromatic heterocycles. The van der Waals surface area contributed by atoms with Gasteiger partial charge >= 0.3 is 0 Å². The molecule has 3 rings (SSSR count). The molecule has 126 valence electrons. The van der Waals surface area contributed by atoms with E-state index < -0.39 is 5.91 Å². The van der Waals surface area contributed by atoms with Gasteiger partial charge in [-0.05, 0) is 48.6 Å². The molecule has 1 aliphatic rings. The monoisotopic (exact) mass is 352 g/mol. The molecule has 0 spiro atoms. The fraction of sp³-hybridized carbons (Fsp3) is 0.211. The maximum absolute atomic E-state index is 11.5. The number of amides is 1. The molecule has 0 bridgehead atoms. The highest BCUT2D eigenvalue weighted by atomic mass is 35.5. The van der Waals surface area contributed by atoms with Gasteiger partial charge in [-0.25, -0.2) is 4.98 Å². The Morgan fingerprint density at radius 3 is 2.72 bits per heavy atom. The normalized spacial score (nSPS) is 16.6. The summed E-state index contributed by atoms with van der Waals surface area (Å²) in [6.45, 7) is 0. The summed E-state index contributed by atoms with van der Waals surface area (Å²) in [6, 6.07) is 11.6. The third-order valence-electron chi connectivity index (χ3n) is 4.29. The molecule has 5 nitrogen and oxygen atoms in total. The van der Waals surface area contributed by atoms with Gasteiger partial charge in [0, 0.05) is 12.2 Å². The molecular formula is C19H17ClN4O. The zero-order valence-electron chi connectivity index (χ0n) is 13.5. The molecule has 0 radical (unpaired) electrons. The number of nitrogens with zero attached hydrogens (tertiary/aromatic N) is 2. The van der Waals surface area contributed by atoms with E-state index in [1.807, 2.05) is 24.3 Å². The molecule has 0 saturated carbocycles. The average Bonchev–Trinajstić information content (AvgIpc) is 2.62. The van der Waals surface area contributed by atoms with Gasteiger partial charge in [-0.3, -0.25) is 4.79 Å². The van der Waals surface area contributed by atoms with Crippen LogP contribution in [-0.2, 0) is 0 Å². The number of anilines is 1. The Morgan fingerprint density at radius 1 is 1.36 bits per heavy atom. The number of primary amides is 1. The topological polar surface area (TPSA) is 91.8 Å². The number of nitriles is 1. The van der Waals surface area contributed by atoms with Crippen LogP contribution in [0.5, 0.6) is 0 Å². The predicted octanol–water partition coefficient (Wildman–Crippen LogP) is 3.75. The summed E-state index contributed by atoms with van der Waals surface area (Å²) in [4.78, 5) is 15.4. The van der Waals surface area contributed by atoms with Gasteiger partial charge in [0.1, 0.15) is 5.15 Å². The molecule has 0 aliphatic heterocycles. The van der Waals surface area contributed by atoms with E-state index in [0.29, 0.717) is 22.0 Å². The van der Waals surface area contributed by atoms with E-state index >= 15 is 0 Å².